The van der Waals surface area contributed by atoms with Crippen LogP contribution in [0.25, 0.3) is 0 Å². The van der Waals surface area contributed by atoms with Gasteiger partial charge in [0, 0.05) is 24.7 Å². The molecule has 2 aliphatic rings. The van der Waals surface area contributed by atoms with E-state index in [-0.39, 0.29) is 18.4 Å². The molecule has 0 aromatic carbocycles. The normalized spacial score (nSPS) is 20.0. The molecule has 132 valence electrons. The molecule has 1 aromatic rings. The van der Waals surface area contributed by atoms with Crippen LogP contribution in [0.1, 0.15) is 63.5 Å². The van der Waals surface area contributed by atoms with Crippen molar-refractivity contribution in [3.63, 3.8) is 0 Å². The molecule has 2 N–H and O–H groups in total. The maximum Gasteiger partial charge on any atom is 0.245 e. The monoisotopic (exact) mass is 332 g/mol. The molecule has 1 aromatic heterocycles. The first kappa shape index (κ1) is 17.0. The van der Waals surface area contributed by atoms with E-state index < -0.39 is 0 Å². The van der Waals surface area contributed by atoms with Crippen LogP contribution in [-0.2, 0) is 16.0 Å². The summed E-state index contributed by atoms with van der Waals surface area (Å²) in [6.45, 7) is 0.809. The molecule has 0 bridgehead atoms. The fourth-order valence-corrected chi connectivity index (χ4v) is 3.79. The van der Waals surface area contributed by atoms with E-state index >= 15 is 0 Å². The Balaban J connectivity index is 1.48. The van der Waals surface area contributed by atoms with Gasteiger partial charge in [0.25, 0.3) is 0 Å². The zero-order valence-electron chi connectivity index (χ0n) is 14.4. The molecular weight excluding hydrogens is 304 g/mol. The zero-order valence-corrected chi connectivity index (χ0v) is 14.4. The summed E-state index contributed by atoms with van der Waals surface area (Å²) in [5.74, 6) is 1.22. The number of likely N-dealkylation sites (tertiary alicyclic amines) is 1. The second kappa shape index (κ2) is 8.31. The van der Waals surface area contributed by atoms with Gasteiger partial charge in [-0.05, 0) is 25.2 Å². The van der Waals surface area contributed by atoms with Gasteiger partial charge in [0.2, 0.25) is 11.8 Å². The predicted molar refractivity (Wildman–Crippen MR) is 92.5 cm³/mol. The molecular formula is C18H28N4O2. The summed E-state index contributed by atoms with van der Waals surface area (Å²) in [5, 5.41) is 10.0. The molecule has 0 radical (unpaired) electrons. The van der Waals surface area contributed by atoms with Crippen LogP contribution in [-0.4, -0.2) is 40.0 Å². The van der Waals surface area contributed by atoms with Crippen LogP contribution in [0.3, 0.4) is 0 Å². The lowest BCUT2D eigenvalue weighted by Crippen LogP contribution is -2.37. The minimum absolute atomic E-state index is 0.0858. The lowest BCUT2D eigenvalue weighted by Gasteiger charge is -2.20. The SMILES string of the molecule is O=C(CN1CCCCCC1=O)Nc1cc(CC2CCCCC2)[nH]n1. The predicted octanol–water partition coefficient (Wildman–Crippen LogP) is 2.87. The van der Waals surface area contributed by atoms with E-state index in [0.29, 0.717) is 18.8 Å². The first-order valence-electron chi connectivity index (χ1n) is 9.32. The van der Waals surface area contributed by atoms with Crippen LogP contribution in [0.15, 0.2) is 6.07 Å². The van der Waals surface area contributed by atoms with E-state index in [9.17, 15) is 9.59 Å². The maximum absolute atomic E-state index is 12.2. The van der Waals surface area contributed by atoms with E-state index in [0.717, 1.165) is 37.3 Å². The average Bonchev–Trinajstić information content (AvgIpc) is 2.90. The molecule has 2 heterocycles. The number of hydrogen-bond acceptors (Lipinski definition) is 3. The Bertz CT molecular complexity index is 563. The van der Waals surface area contributed by atoms with Gasteiger partial charge in [0.05, 0.1) is 6.54 Å². The first-order chi connectivity index (χ1) is 11.7. The minimum Gasteiger partial charge on any atom is -0.333 e. The highest BCUT2D eigenvalue weighted by molar-refractivity contribution is 5.93. The summed E-state index contributed by atoms with van der Waals surface area (Å²) in [5.41, 5.74) is 1.09. The molecule has 2 amide bonds. The number of H-pyrrole nitrogens is 1. The number of aromatic nitrogens is 2. The van der Waals surface area contributed by atoms with Crippen molar-refractivity contribution in [2.75, 3.05) is 18.4 Å². The van der Waals surface area contributed by atoms with Crippen molar-refractivity contribution in [3.8, 4) is 0 Å². The van der Waals surface area contributed by atoms with Gasteiger partial charge >= 0.3 is 0 Å². The largest absolute Gasteiger partial charge is 0.333 e. The third-order valence-corrected chi connectivity index (χ3v) is 5.14. The van der Waals surface area contributed by atoms with E-state index in [2.05, 4.69) is 15.5 Å². The van der Waals surface area contributed by atoms with Crippen molar-refractivity contribution in [3.05, 3.63) is 11.8 Å². The Labute approximate surface area is 143 Å². The Morgan fingerprint density at radius 3 is 2.83 bits per heavy atom. The molecule has 1 aliphatic heterocycles. The molecule has 6 nitrogen and oxygen atoms in total. The lowest BCUT2D eigenvalue weighted by molar-refractivity contribution is -0.134. The molecule has 6 heteroatoms. The van der Waals surface area contributed by atoms with Crippen LogP contribution in [0.5, 0.6) is 0 Å². The smallest absolute Gasteiger partial charge is 0.245 e. The van der Waals surface area contributed by atoms with Gasteiger partial charge in [-0.3, -0.25) is 14.7 Å². The number of nitrogens with one attached hydrogen (secondary N) is 2. The second-order valence-electron chi connectivity index (χ2n) is 7.16. The number of amides is 2. The Morgan fingerprint density at radius 2 is 2.00 bits per heavy atom. The van der Waals surface area contributed by atoms with Crippen molar-refractivity contribution < 1.29 is 9.59 Å². The van der Waals surface area contributed by atoms with E-state index in [1.54, 1.807) is 4.90 Å². The first-order valence-corrected chi connectivity index (χ1v) is 9.32. The van der Waals surface area contributed by atoms with Crippen molar-refractivity contribution in [2.24, 2.45) is 5.92 Å². The standard InChI is InChI=1S/C18H28N4O2/c23-17(13-22-10-6-2-5-9-18(22)24)19-16-12-15(20-21-16)11-14-7-3-1-4-8-14/h12,14H,1-11,13H2,(H2,19,20,21,23). The van der Waals surface area contributed by atoms with Crippen LogP contribution < -0.4 is 5.32 Å². The van der Waals surface area contributed by atoms with E-state index in [1.165, 1.54) is 32.1 Å². The number of aromatic amines is 1. The lowest BCUT2D eigenvalue weighted by atomic mass is 9.86. The average molecular weight is 332 g/mol. The molecule has 1 aliphatic carbocycles. The number of nitrogens with zero attached hydrogens (tertiary/aromatic N) is 2. The molecule has 2 fully saturated rings. The van der Waals surface area contributed by atoms with Gasteiger partial charge in [0.15, 0.2) is 5.82 Å². The molecule has 0 atom stereocenters. The number of hydrogen-bond donors (Lipinski definition) is 2. The van der Waals surface area contributed by atoms with E-state index in [4.69, 9.17) is 0 Å². The second-order valence-corrected chi connectivity index (χ2v) is 7.16. The molecule has 24 heavy (non-hydrogen) atoms. The molecule has 1 saturated carbocycles. The van der Waals surface area contributed by atoms with Crippen LogP contribution in [0, 0.1) is 5.92 Å². The summed E-state index contributed by atoms with van der Waals surface area (Å²) in [4.78, 5) is 25.8. The van der Waals surface area contributed by atoms with Crippen molar-refractivity contribution in [1.82, 2.24) is 15.1 Å². The Morgan fingerprint density at radius 1 is 1.21 bits per heavy atom. The number of carbonyl (C=O) groups excluding carboxylic acids is 2. The van der Waals surface area contributed by atoms with Gasteiger partial charge < -0.3 is 10.2 Å². The zero-order chi connectivity index (χ0) is 16.8. The molecule has 3 rings (SSSR count). The summed E-state index contributed by atoms with van der Waals surface area (Å²) >= 11 is 0. The third kappa shape index (κ3) is 4.82. The fraction of sp³-hybridized carbons (Fsp3) is 0.722. The van der Waals surface area contributed by atoms with Gasteiger partial charge in [-0.2, -0.15) is 5.10 Å². The fourth-order valence-electron chi connectivity index (χ4n) is 3.79. The van der Waals surface area contributed by atoms with Crippen molar-refractivity contribution in [1.29, 1.82) is 0 Å². The third-order valence-electron chi connectivity index (χ3n) is 5.14. The molecule has 0 spiro atoms. The van der Waals surface area contributed by atoms with E-state index in [1.807, 2.05) is 6.07 Å². The number of rotatable bonds is 5. The quantitative estimate of drug-likeness (QED) is 0.870. The number of anilines is 1. The Hall–Kier alpha value is -1.85. The Kier molecular flexibility index (Phi) is 5.88. The molecule has 1 saturated heterocycles. The van der Waals surface area contributed by atoms with Crippen LogP contribution >= 0.6 is 0 Å². The molecule has 0 unspecified atom stereocenters. The van der Waals surface area contributed by atoms with Crippen LogP contribution in [0.4, 0.5) is 5.82 Å². The highest BCUT2D eigenvalue weighted by atomic mass is 16.2. The summed E-state index contributed by atoms with van der Waals surface area (Å²) < 4.78 is 0. The van der Waals surface area contributed by atoms with Crippen LogP contribution in [0.2, 0.25) is 0 Å². The summed E-state index contributed by atoms with van der Waals surface area (Å²) in [6.07, 6.45) is 11.1. The topological polar surface area (TPSA) is 78.1 Å². The van der Waals surface area contributed by atoms with Gasteiger partial charge in [-0.15, -0.1) is 0 Å². The highest BCUT2D eigenvalue weighted by Crippen LogP contribution is 2.26. The van der Waals surface area contributed by atoms with Crippen molar-refractivity contribution in [2.45, 2.75) is 64.2 Å². The minimum atomic E-state index is -0.166. The summed E-state index contributed by atoms with van der Waals surface area (Å²) in [7, 11) is 0. The van der Waals surface area contributed by atoms with Gasteiger partial charge in [-0.1, -0.05) is 38.5 Å². The van der Waals surface area contributed by atoms with Gasteiger partial charge in [-0.25, -0.2) is 0 Å². The highest BCUT2D eigenvalue weighted by Gasteiger charge is 2.20. The van der Waals surface area contributed by atoms with Gasteiger partial charge in [0.1, 0.15) is 0 Å². The van der Waals surface area contributed by atoms with Crippen molar-refractivity contribution >= 4 is 17.6 Å². The summed E-state index contributed by atoms with van der Waals surface area (Å²) in [6, 6.07) is 1.93. The maximum atomic E-state index is 12.2. The number of carbonyl (C=O) groups is 2.